The van der Waals surface area contributed by atoms with Gasteiger partial charge in [-0.15, -0.1) is 0 Å². The van der Waals surface area contributed by atoms with E-state index >= 15 is 0 Å². The standard InChI is InChI=1S/C4H4FN3/c5-1-4-7-2-6-3-8-4/h2-3H,1H2. The lowest BCUT2D eigenvalue weighted by Crippen LogP contribution is -1.89. The third-order valence-corrected chi connectivity index (χ3v) is 0.666. The summed E-state index contributed by atoms with van der Waals surface area (Å²) in [6.07, 6.45) is 2.53. The van der Waals surface area contributed by atoms with Crippen LogP contribution in [-0.4, -0.2) is 15.0 Å². The summed E-state index contributed by atoms with van der Waals surface area (Å²) >= 11 is 0. The largest absolute Gasteiger partial charge is 0.242 e. The Morgan fingerprint density at radius 1 is 1.38 bits per heavy atom. The van der Waals surface area contributed by atoms with Crippen LogP contribution in [0.15, 0.2) is 12.7 Å². The van der Waals surface area contributed by atoms with Gasteiger partial charge in [-0.25, -0.2) is 19.3 Å². The molecule has 0 fully saturated rings. The molecule has 0 aliphatic rings. The average Bonchev–Trinajstić information content (AvgIpc) is 1.90. The zero-order valence-electron chi connectivity index (χ0n) is 4.08. The van der Waals surface area contributed by atoms with Crippen molar-refractivity contribution in [2.75, 3.05) is 0 Å². The number of hydrogen-bond acceptors (Lipinski definition) is 3. The van der Waals surface area contributed by atoms with E-state index in [9.17, 15) is 4.39 Å². The fourth-order valence-electron chi connectivity index (χ4n) is 0.332. The van der Waals surface area contributed by atoms with E-state index in [0.29, 0.717) is 0 Å². The Morgan fingerprint density at radius 3 is 2.38 bits per heavy atom. The third-order valence-electron chi connectivity index (χ3n) is 0.666. The highest BCUT2D eigenvalue weighted by atomic mass is 19.1. The van der Waals surface area contributed by atoms with Gasteiger partial charge in [-0.1, -0.05) is 0 Å². The number of rotatable bonds is 1. The van der Waals surface area contributed by atoms with Crippen LogP contribution in [0.5, 0.6) is 0 Å². The number of alkyl halides is 1. The van der Waals surface area contributed by atoms with Crippen molar-refractivity contribution in [3.8, 4) is 0 Å². The lowest BCUT2D eigenvalue weighted by molar-refractivity contribution is 0.464. The van der Waals surface area contributed by atoms with E-state index in [4.69, 9.17) is 0 Å². The summed E-state index contributed by atoms with van der Waals surface area (Å²) in [6.45, 7) is -0.622. The molecule has 0 saturated carbocycles. The van der Waals surface area contributed by atoms with Gasteiger partial charge in [0.2, 0.25) is 0 Å². The highest BCUT2D eigenvalue weighted by molar-refractivity contribution is 4.76. The fourth-order valence-corrected chi connectivity index (χ4v) is 0.332. The van der Waals surface area contributed by atoms with Crippen molar-refractivity contribution in [2.24, 2.45) is 0 Å². The monoisotopic (exact) mass is 113 g/mol. The molecule has 3 nitrogen and oxygen atoms in total. The quantitative estimate of drug-likeness (QED) is 0.527. The summed E-state index contributed by atoms with van der Waals surface area (Å²) in [4.78, 5) is 10.5. The van der Waals surface area contributed by atoms with E-state index in [2.05, 4.69) is 15.0 Å². The van der Waals surface area contributed by atoms with E-state index in [1.165, 1.54) is 12.7 Å². The summed E-state index contributed by atoms with van der Waals surface area (Å²) in [7, 11) is 0. The topological polar surface area (TPSA) is 38.7 Å². The molecule has 0 amide bonds. The molecule has 0 radical (unpaired) electrons. The first-order valence-electron chi connectivity index (χ1n) is 2.10. The fraction of sp³-hybridized carbons (Fsp3) is 0.250. The molecule has 0 bridgehead atoms. The smallest absolute Gasteiger partial charge is 0.162 e. The number of hydrogen-bond donors (Lipinski definition) is 0. The van der Waals surface area contributed by atoms with Gasteiger partial charge in [0.25, 0.3) is 0 Å². The summed E-state index contributed by atoms with van der Waals surface area (Å²) in [6, 6.07) is 0. The normalized spacial score (nSPS) is 9.12. The molecule has 0 unspecified atom stereocenters. The van der Waals surface area contributed by atoms with E-state index < -0.39 is 6.67 Å². The molecule has 0 aliphatic carbocycles. The summed E-state index contributed by atoms with van der Waals surface area (Å²) < 4.78 is 11.6. The van der Waals surface area contributed by atoms with Crippen molar-refractivity contribution in [1.82, 2.24) is 15.0 Å². The highest BCUT2D eigenvalue weighted by Gasteiger charge is 1.87. The summed E-state index contributed by atoms with van der Waals surface area (Å²) in [5.74, 6) is 0.181. The first-order valence-corrected chi connectivity index (χ1v) is 2.10. The van der Waals surface area contributed by atoms with E-state index in [1.807, 2.05) is 0 Å². The zero-order valence-corrected chi connectivity index (χ0v) is 4.08. The second-order valence-electron chi connectivity index (χ2n) is 1.19. The lowest BCUT2D eigenvalue weighted by atomic mass is 10.7. The molecule has 0 aromatic carbocycles. The molecule has 0 aliphatic heterocycles. The molecule has 8 heavy (non-hydrogen) atoms. The second-order valence-corrected chi connectivity index (χ2v) is 1.19. The summed E-state index contributed by atoms with van der Waals surface area (Å²) in [5, 5.41) is 0. The highest BCUT2D eigenvalue weighted by Crippen LogP contribution is 1.85. The maximum atomic E-state index is 11.6. The Balaban J connectivity index is 2.83. The minimum absolute atomic E-state index is 0.181. The lowest BCUT2D eigenvalue weighted by Gasteiger charge is -1.84. The van der Waals surface area contributed by atoms with Gasteiger partial charge in [0.1, 0.15) is 19.3 Å². The van der Waals surface area contributed by atoms with Gasteiger partial charge in [0, 0.05) is 0 Å². The van der Waals surface area contributed by atoms with Gasteiger partial charge in [-0.3, -0.25) is 0 Å². The second kappa shape index (κ2) is 2.30. The van der Waals surface area contributed by atoms with Crippen LogP contribution in [0.1, 0.15) is 5.82 Å². The molecular weight excluding hydrogens is 109 g/mol. The van der Waals surface area contributed by atoms with Crippen LogP contribution < -0.4 is 0 Å². The van der Waals surface area contributed by atoms with Crippen molar-refractivity contribution in [2.45, 2.75) is 6.67 Å². The molecule has 1 aromatic rings. The van der Waals surface area contributed by atoms with Gasteiger partial charge in [-0.2, -0.15) is 0 Å². The van der Waals surface area contributed by atoms with Crippen LogP contribution in [0.25, 0.3) is 0 Å². The van der Waals surface area contributed by atoms with Crippen molar-refractivity contribution in [1.29, 1.82) is 0 Å². The number of aromatic nitrogens is 3. The van der Waals surface area contributed by atoms with Crippen molar-refractivity contribution in [3.05, 3.63) is 18.5 Å². The molecular formula is C4H4FN3. The van der Waals surface area contributed by atoms with Crippen LogP contribution in [0, 0.1) is 0 Å². The van der Waals surface area contributed by atoms with Crippen LogP contribution in [-0.2, 0) is 6.67 Å². The van der Waals surface area contributed by atoms with E-state index in [-0.39, 0.29) is 5.82 Å². The van der Waals surface area contributed by atoms with Crippen LogP contribution in [0.3, 0.4) is 0 Å². The minimum atomic E-state index is -0.622. The summed E-state index contributed by atoms with van der Waals surface area (Å²) in [5.41, 5.74) is 0. The molecule has 1 aromatic heterocycles. The van der Waals surface area contributed by atoms with Crippen molar-refractivity contribution >= 4 is 0 Å². The first-order chi connectivity index (χ1) is 3.93. The SMILES string of the molecule is FCc1ncncn1. The molecule has 1 rings (SSSR count). The molecule has 0 atom stereocenters. The van der Waals surface area contributed by atoms with Gasteiger partial charge >= 0.3 is 0 Å². The first kappa shape index (κ1) is 5.08. The van der Waals surface area contributed by atoms with E-state index in [0.717, 1.165) is 0 Å². The molecule has 42 valence electrons. The van der Waals surface area contributed by atoms with Crippen molar-refractivity contribution < 1.29 is 4.39 Å². The van der Waals surface area contributed by atoms with Crippen LogP contribution in [0.4, 0.5) is 4.39 Å². The van der Waals surface area contributed by atoms with E-state index in [1.54, 1.807) is 0 Å². The Labute approximate surface area is 45.6 Å². The molecule has 0 spiro atoms. The molecule has 1 heterocycles. The van der Waals surface area contributed by atoms with Gasteiger partial charge in [-0.05, 0) is 0 Å². The molecule has 4 heteroatoms. The zero-order chi connectivity index (χ0) is 5.82. The predicted octanol–water partition coefficient (Wildman–Crippen LogP) is 0.341. The van der Waals surface area contributed by atoms with Crippen molar-refractivity contribution in [3.63, 3.8) is 0 Å². The molecule has 0 saturated heterocycles. The van der Waals surface area contributed by atoms with Gasteiger partial charge in [0.05, 0.1) is 0 Å². The minimum Gasteiger partial charge on any atom is -0.242 e. The Morgan fingerprint density at radius 2 is 2.00 bits per heavy atom. The number of nitrogens with zero attached hydrogens (tertiary/aromatic N) is 3. The third kappa shape index (κ3) is 0.959. The maximum absolute atomic E-state index is 11.6. The number of halogens is 1. The average molecular weight is 113 g/mol. The Kier molecular flexibility index (Phi) is 1.46. The predicted molar refractivity (Wildman–Crippen MR) is 24.6 cm³/mol. The molecule has 0 N–H and O–H groups in total. The Bertz CT molecular complexity index is 153. The van der Waals surface area contributed by atoms with Gasteiger partial charge < -0.3 is 0 Å². The van der Waals surface area contributed by atoms with Gasteiger partial charge in [0.15, 0.2) is 5.82 Å². The Hall–Kier alpha value is -1.06. The van der Waals surface area contributed by atoms with Crippen LogP contribution >= 0.6 is 0 Å². The maximum Gasteiger partial charge on any atom is 0.162 e. The van der Waals surface area contributed by atoms with Crippen LogP contribution in [0.2, 0.25) is 0 Å².